The summed E-state index contributed by atoms with van der Waals surface area (Å²) < 4.78 is 0. The highest BCUT2D eigenvalue weighted by Crippen LogP contribution is 2.34. The zero-order chi connectivity index (χ0) is 10.8. The van der Waals surface area contributed by atoms with Crippen LogP contribution in [0.5, 0.6) is 0 Å². The van der Waals surface area contributed by atoms with Crippen molar-refractivity contribution in [1.82, 2.24) is 10.2 Å². The first-order valence-electron chi connectivity index (χ1n) is 6.39. The number of aliphatic hydroxyl groups is 1. The Morgan fingerprint density at radius 3 is 2.87 bits per heavy atom. The van der Waals surface area contributed by atoms with Crippen LogP contribution in [0.4, 0.5) is 0 Å². The third kappa shape index (κ3) is 2.19. The molecule has 2 aliphatic heterocycles. The lowest BCUT2D eigenvalue weighted by molar-refractivity contribution is 0.0944. The van der Waals surface area contributed by atoms with Crippen molar-refractivity contribution < 1.29 is 5.11 Å². The minimum absolute atomic E-state index is 0.133. The molecule has 0 aromatic carbocycles. The number of hydrogen-bond acceptors (Lipinski definition) is 3. The van der Waals surface area contributed by atoms with Gasteiger partial charge in [0.15, 0.2) is 0 Å². The Bertz CT molecular complexity index is 208. The molecular formula is C12H24N2O. The van der Waals surface area contributed by atoms with E-state index in [-0.39, 0.29) is 6.10 Å². The number of rotatable bonds is 4. The molecule has 0 bridgehead atoms. The Kier molecular flexibility index (Phi) is 3.65. The molecule has 4 unspecified atom stereocenters. The fourth-order valence-corrected chi connectivity index (χ4v) is 3.28. The number of likely N-dealkylation sites (tertiary alicyclic amines) is 1. The molecule has 0 saturated carbocycles. The Labute approximate surface area is 92.8 Å². The second-order valence-electron chi connectivity index (χ2n) is 5.07. The van der Waals surface area contributed by atoms with Gasteiger partial charge in [-0.05, 0) is 37.8 Å². The Balaban J connectivity index is 1.95. The van der Waals surface area contributed by atoms with E-state index in [0.29, 0.717) is 6.04 Å². The van der Waals surface area contributed by atoms with E-state index in [1.54, 1.807) is 0 Å². The van der Waals surface area contributed by atoms with Crippen molar-refractivity contribution in [2.75, 3.05) is 26.2 Å². The van der Waals surface area contributed by atoms with Crippen LogP contribution in [0.3, 0.4) is 0 Å². The van der Waals surface area contributed by atoms with Crippen molar-refractivity contribution in [2.24, 2.45) is 11.8 Å². The van der Waals surface area contributed by atoms with Gasteiger partial charge in [0.2, 0.25) is 0 Å². The van der Waals surface area contributed by atoms with Gasteiger partial charge in [-0.2, -0.15) is 0 Å². The van der Waals surface area contributed by atoms with Gasteiger partial charge in [0, 0.05) is 19.1 Å². The first kappa shape index (κ1) is 11.4. The summed E-state index contributed by atoms with van der Waals surface area (Å²) in [4.78, 5) is 2.52. The average Bonchev–Trinajstić information content (AvgIpc) is 2.77. The lowest BCUT2D eigenvalue weighted by Crippen LogP contribution is -2.39. The Morgan fingerprint density at radius 2 is 2.20 bits per heavy atom. The molecule has 2 rings (SSSR count). The van der Waals surface area contributed by atoms with E-state index < -0.39 is 0 Å². The van der Waals surface area contributed by atoms with Crippen LogP contribution >= 0.6 is 0 Å². The zero-order valence-electron chi connectivity index (χ0n) is 9.95. The van der Waals surface area contributed by atoms with Gasteiger partial charge in [0.1, 0.15) is 0 Å². The zero-order valence-corrected chi connectivity index (χ0v) is 9.95. The summed E-state index contributed by atoms with van der Waals surface area (Å²) >= 11 is 0. The van der Waals surface area contributed by atoms with Crippen molar-refractivity contribution in [1.29, 1.82) is 0 Å². The van der Waals surface area contributed by atoms with Crippen molar-refractivity contribution in [3.05, 3.63) is 0 Å². The second kappa shape index (κ2) is 4.81. The molecule has 2 N–H and O–H groups in total. The molecule has 0 spiro atoms. The summed E-state index contributed by atoms with van der Waals surface area (Å²) in [7, 11) is 0. The highest BCUT2D eigenvalue weighted by Gasteiger charge is 2.43. The van der Waals surface area contributed by atoms with Crippen molar-refractivity contribution >= 4 is 0 Å². The molecule has 3 nitrogen and oxygen atoms in total. The van der Waals surface area contributed by atoms with E-state index >= 15 is 0 Å². The maximum atomic E-state index is 9.74. The minimum Gasteiger partial charge on any atom is -0.392 e. The molecule has 0 radical (unpaired) electrons. The van der Waals surface area contributed by atoms with E-state index in [4.69, 9.17) is 0 Å². The van der Waals surface area contributed by atoms with Gasteiger partial charge in [-0.3, -0.25) is 4.90 Å². The Hall–Kier alpha value is -0.120. The fraction of sp³-hybridized carbons (Fsp3) is 1.00. The van der Waals surface area contributed by atoms with Gasteiger partial charge in [0.05, 0.1) is 6.10 Å². The normalized spacial score (nSPS) is 38.2. The van der Waals surface area contributed by atoms with E-state index in [1.165, 1.54) is 26.1 Å². The molecule has 0 aromatic rings. The Morgan fingerprint density at radius 1 is 1.40 bits per heavy atom. The van der Waals surface area contributed by atoms with E-state index in [1.807, 2.05) is 0 Å². The standard InChI is InChI=1S/C12H24N2O/c1-3-10(15)8-14-7-9-5-13-6-11(9)12(14)4-2/h9-13,15H,3-8H2,1-2H3. The average molecular weight is 212 g/mol. The van der Waals surface area contributed by atoms with Crippen LogP contribution in [0.25, 0.3) is 0 Å². The number of β-amino-alcohol motifs (C(OH)–C–C–N with tert-alkyl or cyclic N) is 1. The van der Waals surface area contributed by atoms with Gasteiger partial charge in [0.25, 0.3) is 0 Å². The molecule has 3 heteroatoms. The minimum atomic E-state index is -0.133. The first-order chi connectivity index (χ1) is 7.26. The highest BCUT2D eigenvalue weighted by molar-refractivity contribution is 4.98. The smallest absolute Gasteiger partial charge is 0.0664 e. The molecule has 0 aliphatic carbocycles. The number of nitrogens with one attached hydrogen (secondary N) is 1. The van der Waals surface area contributed by atoms with Crippen LogP contribution in [-0.2, 0) is 0 Å². The van der Waals surface area contributed by atoms with Gasteiger partial charge < -0.3 is 10.4 Å². The molecule has 2 fully saturated rings. The maximum Gasteiger partial charge on any atom is 0.0664 e. The molecule has 15 heavy (non-hydrogen) atoms. The molecule has 2 heterocycles. The van der Waals surface area contributed by atoms with Crippen molar-refractivity contribution in [3.63, 3.8) is 0 Å². The molecule has 4 atom stereocenters. The molecular weight excluding hydrogens is 188 g/mol. The van der Waals surface area contributed by atoms with Crippen LogP contribution in [0.15, 0.2) is 0 Å². The lowest BCUT2D eigenvalue weighted by atomic mass is 9.93. The largest absolute Gasteiger partial charge is 0.392 e. The SMILES string of the molecule is CCC(O)CN1CC2CNCC2C1CC. The summed E-state index contributed by atoms with van der Waals surface area (Å²) in [6, 6.07) is 0.700. The topological polar surface area (TPSA) is 35.5 Å². The monoisotopic (exact) mass is 212 g/mol. The van der Waals surface area contributed by atoms with Gasteiger partial charge >= 0.3 is 0 Å². The summed E-state index contributed by atoms with van der Waals surface area (Å²) in [6.07, 6.45) is 1.96. The van der Waals surface area contributed by atoms with Gasteiger partial charge in [-0.15, -0.1) is 0 Å². The van der Waals surface area contributed by atoms with Crippen molar-refractivity contribution in [2.45, 2.75) is 38.8 Å². The quantitative estimate of drug-likeness (QED) is 0.719. The van der Waals surface area contributed by atoms with Crippen LogP contribution in [0, 0.1) is 11.8 Å². The highest BCUT2D eigenvalue weighted by atomic mass is 16.3. The number of nitrogens with zero attached hydrogens (tertiary/aromatic N) is 1. The third-order valence-electron chi connectivity index (χ3n) is 4.16. The third-order valence-corrected chi connectivity index (χ3v) is 4.16. The van der Waals surface area contributed by atoms with Crippen LogP contribution in [-0.4, -0.2) is 48.3 Å². The predicted octanol–water partition coefficient (Wildman–Crippen LogP) is 0.687. The fourth-order valence-electron chi connectivity index (χ4n) is 3.28. The molecule has 2 aliphatic rings. The van der Waals surface area contributed by atoms with E-state index in [0.717, 1.165) is 24.8 Å². The molecule has 2 saturated heterocycles. The summed E-state index contributed by atoms with van der Waals surface area (Å²) in [6.45, 7) is 8.76. The summed E-state index contributed by atoms with van der Waals surface area (Å²) in [5, 5.41) is 13.2. The summed E-state index contributed by atoms with van der Waals surface area (Å²) in [5.41, 5.74) is 0. The molecule has 0 aromatic heterocycles. The van der Waals surface area contributed by atoms with E-state index in [2.05, 4.69) is 24.1 Å². The molecule has 0 amide bonds. The lowest BCUT2D eigenvalue weighted by Gasteiger charge is -2.28. The van der Waals surface area contributed by atoms with Crippen LogP contribution in [0.1, 0.15) is 26.7 Å². The predicted molar refractivity (Wildman–Crippen MR) is 61.8 cm³/mol. The molecule has 88 valence electrons. The first-order valence-corrected chi connectivity index (χ1v) is 6.39. The number of aliphatic hydroxyl groups excluding tert-OH is 1. The van der Waals surface area contributed by atoms with Crippen LogP contribution in [0.2, 0.25) is 0 Å². The van der Waals surface area contributed by atoms with Gasteiger partial charge in [-0.1, -0.05) is 13.8 Å². The van der Waals surface area contributed by atoms with Gasteiger partial charge in [-0.25, -0.2) is 0 Å². The van der Waals surface area contributed by atoms with Crippen LogP contribution < -0.4 is 5.32 Å². The summed E-state index contributed by atoms with van der Waals surface area (Å²) in [5.74, 6) is 1.66. The van der Waals surface area contributed by atoms with E-state index in [9.17, 15) is 5.11 Å². The van der Waals surface area contributed by atoms with Crippen molar-refractivity contribution in [3.8, 4) is 0 Å². The number of hydrogen-bond donors (Lipinski definition) is 2. The second-order valence-corrected chi connectivity index (χ2v) is 5.07. The number of fused-ring (bicyclic) bond motifs is 1. The maximum absolute atomic E-state index is 9.74.